The Hall–Kier alpha value is -2.25. The molecule has 24 heavy (non-hydrogen) atoms. The molecule has 0 fully saturated rings. The lowest BCUT2D eigenvalue weighted by Gasteiger charge is -2.05. The van der Waals surface area contributed by atoms with Crippen LogP contribution in [0.25, 0.3) is 0 Å². The highest BCUT2D eigenvalue weighted by atomic mass is 35.5. The smallest absolute Gasteiger partial charge is 0.307 e. The van der Waals surface area contributed by atoms with Crippen LogP contribution in [0.3, 0.4) is 0 Å². The van der Waals surface area contributed by atoms with Crippen LogP contribution in [-0.4, -0.2) is 30.1 Å². The van der Waals surface area contributed by atoms with Crippen LogP contribution >= 0.6 is 23.4 Å². The molecule has 2 aromatic rings. The summed E-state index contributed by atoms with van der Waals surface area (Å²) in [5.41, 5.74) is 0. The van der Waals surface area contributed by atoms with Gasteiger partial charge in [0.1, 0.15) is 0 Å². The molecule has 1 N–H and O–H groups in total. The number of hydrogen-bond acceptors (Lipinski definition) is 6. The molecule has 0 aliphatic heterocycles. The first-order valence-corrected chi connectivity index (χ1v) is 8.33. The minimum absolute atomic E-state index is 0.00539. The summed E-state index contributed by atoms with van der Waals surface area (Å²) in [6.07, 6.45) is 1.44. The maximum Gasteiger partial charge on any atom is 0.307 e. The number of benzene rings is 1. The number of furan rings is 1. The van der Waals surface area contributed by atoms with Crippen molar-refractivity contribution in [3.05, 3.63) is 53.4 Å². The van der Waals surface area contributed by atoms with Crippen LogP contribution in [0.1, 0.15) is 17.0 Å². The third-order valence-corrected chi connectivity index (χ3v) is 4.28. The van der Waals surface area contributed by atoms with Crippen molar-refractivity contribution >= 4 is 41.1 Å². The number of carbonyl (C=O) groups excluding carboxylic acids is 3. The Morgan fingerprint density at radius 3 is 2.67 bits per heavy atom. The number of ether oxygens (including phenoxy) is 1. The predicted octanol–water partition coefficient (Wildman–Crippen LogP) is 2.92. The largest absolute Gasteiger partial charge is 0.459 e. The summed E-state index contributed by atoms with van der Waals surface area (Å²) in [7, 11) is 0. The average molecular weight is 368 g/mol. The molecule has 0 saturated carbocycles. The molecule has 0 saturated heterocycles. The first-order valence-electron chi connectivity index (χ1n) is 6.97. The molecule has 1 aromatic carbocycles. The maximum absolute atomic E-state index is 11.6. The fourth-order valence-corrected chi connectivity index (χ4v) is 2.83. The Morgan fingerprint density at radius 1 is 1.17 bits per heavy atom. The van der Waals surface area contributed by atoms with Gasteiger partial charge in [-0.25, -0.2) is 0 Å². The number of thioether (sulfide) groups is 1. The molecule has 8 heteroatoms. The highest BCUT2D eigenvalue weighted by Crippen LogP contribution is 2.26. The number of halogens is 1. The van der Waals surface area contributed by atoms with Gasteiger partial charge in [-0.1, -0.05) is 23.7 Å². The number of hydrogen-bond donors (Lipinski definition) is 1. The first-order chi connectivity index (χ1) is 11.6. The topological polar surface area (TPSA) is 85.6 Å². The fraction of sp³-hybridized carbons (Fsp3) is 0.188. The second-order valence-corrected chi connectivity index (χ2v) is 6.09. The number of rotatable bonds is 7. The quantitative estimate of drug-likeness (QED) is 0.598. The lowest BCUT2D eigenvalue weighted by atomic mass is 10.4. The van der Waals surface area contributed by atoms with E-state index in [0.717, 1.165) is 4.90 Å². The molecule has 0 radical (unpaired) electrons. The zero-order chi connectivity index (χ0) is 17.4. The molecule has 0 aliphatic carbocycles. The normalized spacial score (nSPS) is 10.2. The van der Waals surface area contributed by atoms with Crippen molar-refractivity contribution in [3.63, 3.8) is 0 Å². The van der Waals surface area contributed by atoms with Crippen molar-refractivity contribution in [1.82, 2.24) is 5.32 Å². The summed E-state index contributed by atoms with van der Waals surface area (Å²) in [6, 6.07) is 10.2. The van der Waals surface area contributed by atoms with Gasteiger partial charge in [0.15, 0.2) is 12.4 Å². The molecule has 1 aromatic heterocycles. The van der Waals surface area contributed by atoms with Crippen LogP contribution in [0, 0.1) is 0 Å². The third-order valence-electron chi connectivity index (χ3n) is 2.76. The van der Waals surface area contributed by atoms with Crippen molar-refractivity contribution < 1.29 is 23.5 Å². The highest BCUT2D eigenvalue weighted by molar-refractivity contribution is 7.99. The van der Waals surface area contributed by atoms with Gasteiger partial charge in [-0.15, -0.1) is 11.8 Å². The second-order valence-electron chi connectivity index (χ2n) is 4.54. The molecular formula is C16H14ClNO5S. The van der Waals surface area contributed by atoms with Crippen molar-refractivity contribution in [1.29, 1.82) is 0 Å². The minimum atomic E-state index is -0.719. The van der Waals surface area contributed by atoms with Crippen molar-refractivity contribution in [2.24, 2.45) is 0 Å². The molecule has 2 rings (SSSR count). The van der Waals surface area contributed by atoms with E-state index in [-0.39, 0.29) is 12.2 Å². The van der Waals surface area contributed by atoms with Crippen LogP contribution in [0.4, 0.5) is 0 Å². The van der Waals surface area contributed by atoms with E-state index >= 15 is 0 Å². The van der Waals surface area contributed by atoms with E-state index in [4.69, 9.17) is 20.8 Å². The molecule has 0 aliphatic rings. The predicted molar refractivity (Wildman–Crippen MR) is 88.9 cm³/mol. The molecule has 0 spiro atoms. The standard InChI is InChI=1S/C16H14ClNO5S/c17-11-4-1-2-6-13(11)24-9-7-15(20)23-10-14(19)18-16(21)12-5-3-8-22-12/h1-6,8H,7,9-10H2,(H,18,19,21). The SMILES string of the molecule is O=C(COC(=O)CCSc1ccccc1Cl)NC(=O)c1ccco1. The zero-order valence-electron chi connectivity index (χ0n) is 12.5. The van der Waals surface area contributed by atoms with E-state index in [2.05, 4.69) is 5.32 Å². The van der Waals surface area contributed by atoms with E-state index in [1.807, 2.05) is 18.2 Å². The zero-order valence-corrected chi connectivity index (χ0v) is 14.1. The molecule has 126 valence electrons. The molecule has 0 bridgehead atoms. The summed E-state index contributed by atoms with van der Waals surface area (Å²) >= 11 is 7.42. The summed E-state index contributed by atoms with van der Waals surface area (Å²) in [4.78, 5) is 35.5. The summed E-state index contributed by atoms with van der Waals surface area (Å²) < 4.78 is 9.65. The van der Waals surface area contributed by atoms with E-state index in [9.17, 15) is 14.4 Å². The molecule has 0 unspecified atom stereocenters. The van der Waals surface area contributed by atoms with Crippen molar-refractivity contribution in [2.45, 2.75) is 11.3 Å². The van der Waals surface area contributed by atoms with Gasteiger partial charge in [0, 0.05) is 10.6 Å². The number of esters is 1. The number of carbonyl (C=O) groups is 3. The number of imide groups is 1. The molecule has 0 atom stereocenters. The molecular weight excluding hydrogens is 354 g/mol. The molecule has 6 nitrogen and oxygen atoms in total. The van der Waals surface area contributed by atoms with Gasteiger partial charge in [-0.3, -0.25) is 19.7 Å². The molecule has 1 heterocycles. The summed E-state index contributed by atoms with van der Waals surface area (Å²) in [5.74, 6) is -1.46. The third kappa shape index (κ3) is 5.75. The molecule has 2 amide bonds. The van der Waals surface area contributed by atoms with E-state index < -0.39 is 24.4 Å². The van der Waals surface area contributed by atoms with Crippen LogP contribution in [0.5, 0.6) is 0 Å². The van der Waals surface area contributed by atoms with Crippen LogP contribution in [0.2, 0.25) is 5.02 Å². The van der Waals surface area contributed by atoms with E-state index in [1.54, 1.807) is 6.07 Å². The Morgan fingerprint density at radius 2 is 1.96 bits per heavy atom. The van der Waals surface area contributed by atoms with Crippen LogP contribution in [-0.2, 0) is 14.3 Å². The fourth-order valence-electron chi connectivity index (χ4n) is 1.66. The van der Waals surface area contributed by atoms with Gasteiger partial charge < -0.3 is 9.15 Å². The Balaban J connectivity index is 1.65. The number of nitrogens with one attached hydrogen (secondary N) is 1. The number of amides is 2. The highest BCUT2D eigenvalue weighted by Gasteiger charge is 2.14. The Bertz CT molecular complexity index is 717. The average Bonchev–Trinajstić information content (AvgIpc) is 3.09. The van der Waals surface area contributed by atoms with Crippen molar-refractivity contribution in [3.8, 4) is 0 Å². The van der Waals surface area contributed by atoms with Gasteiger partial charge in [0.2, 0.25) is 0 Å². The maximum atomic E-state index is 11.6. The van der Waals surface area contributed by atoms with Gasteiger partial charge in [0.25, 0.3) is 11.8 Å². The van der Waals surface area contributed by atoms with Gasteiger partial charge in [-0.2, -0.15) is 0 Å². The van der Waals surface area contributed by atoms with Gasteiger partial charge in [0.05, 0.1) is 17.7 Å². The lowest BCUT2D eigenvalue weighted by molar-refractivity contribution is -0.147. The minimum Gasteiger partial charge on any atom is -0.459 e. The Labute approximate surface area is 147 Å². The van der Waals surface area contributed by atoms with Crippen LogP contribution in [0.15, 0.2) is 52.0 Å². The lowest BCUT2D eigenvalue weighted by Crippen LogP contribution is -2.34. The van der Waals surface area contributed by atoms with E-state index in [1.165, 1.54) is 30.2 Å². The van der Waals surface area contributed by atoms with E-state index in [0.29, 0.717) is 10.8 Å². The first kappa shape index (κ1) is 18.1. The van der Waals surface area contributed by atoms with Crippen LogP contribution < -0.4 is 5.32 Å². The van der Waals surface area contributed by atoms with Gasteiger partial charge >= 0.3 is 5.97 Å². The monoisotopic (exact) mass is 367 g/mol. The summed E-state index contributed by atoms with van der Waals surface area (Å²) in [6.45, 7) is -0.526. The summed E-state index contributed by atoms with van der Waals surface area (Å²) in [5, 5.41) is 2.67. The van der Waals surface area contributed by atoms with Gasteiger partial charge in [-0.05, 0) is 24.3 Å². The Kier molecular flexibility index (Phi) is 6.89. The second kappa shape index (κ2) is 9.14. The van der Waals surface area contributed by atoms with Crippen molar-refractivity contribution in [2.75, 3.05) is 12.4 Å².